The SMILES string of the molecule is CC(C)[C@H]1C(=O)O[C@H](CO[Si](C)(C)C(C)(C)C)Cc2ccccc2N1C. The maximum Gasteiger partial charge on any atom is 0.329 e. The Balaban J connectivity index is 2.28. The van der Waals surface area contributed by atoms with Crippen molar-refractivity contribution in [2.24, 2.45) is 5.92 Å². The first kappa shape index (κ1) is 21.0. The van der Waals surface area contributed by atoms with Crippen LogP contribution in [0.1, 0.15) is 40.2 Å². The van der Waals surface area contributed by atoms with Gasteiger partial charge in [0.25, 0.3) is 0 Å². The lowest BCUT2D eigenvalue weighted by atomic mass is 9.97. The van der Waals surface area contributed by atoms with Crippen molar-refractivity contribution in [1.29, 1.82) is 0 Å². The number of ether oxygens (including phenoxy) is 1. The van der Waals surface area contributed by atoms with E-state index in [1.165, 1.54) is 5.56 Å². The number of hydrogen-bond acceptors (Lipinski definition) is 4. The first-order chi connectivity index (χ1) is 11.9. The second kappa shape index (κ2) is 7.73. The van der Waals surface area contributed by atoms with Crippen molar-refractivity contribution in [3.05, 3.63) is 29.8 Å². The van der Waals surface area contributed by atoms with Crippen LogP contribution in [0.4, 0.5) is 5.69 Å². The largest absolute Gasteiger partial charge is 0.458 e. The Morgan fingerprint density at radius 2 is 1.88 bits per heavy atom. The molecule has 0 spiro atoms. The molecule has 0 N–H and O–H groups in total. The minimum atomic E-state index is -1.89. The van der Waals surface area contributed by atoms with E-state index in [1.54, 1.807) is 0 Å². The van der Waals surface area contributed by atoms with Gasteiger partial charge in [0.15, 0.2) is 8.32 Å². The van der Waals surface area contributed by atoms with Gasteiger partial charge in [0.2, 0.25) is 0 Å². The summed E-state index contributed by atoms with van der Waals surface area (Å²) in [5, 5.41) is 0.136. The van der Waals surface area contributed by atoms with E-state index in [4.69, 9.17) is 9.16 Å². The molecule has 1 aromatic rings. The lowest BCUT2D eigenvalue weighted by Gasteiger charge is -2.39. The van der Waals surface area contributed by atoms with Gasteiger partial charge in [0.1, 0.15) is 12.1 Å². The molecule has 26 heavy (non-hydrogen) atoms. The minimum absolute atomic E-state index is 0.136. The number of rotatable bonds is 4. The molecule has 0 unspecified atom stereocenters. The molecule has 146 valence electrons. The Labute approximate surface area is 160 Å². The van der Waals surface area contributed by atoms with Crippen molar-refractivity contribution < 1.29 is 14.0 Å². The zero-order valence-electron chi connectivity index (χ0n) is 17.6. The zero-order chi connectivity index (χ0) is 19.7. The number of esters is 1. The van der Waals surface area contributed by atoms with Gasteiger partial charge in [-0.25, -0.2) is 4.79 Å². The maximum atomic E-state index is 12.9. The molecule has 0 bridgehead atoms. The van der Waals surface area contributed by atoms with Crippen LogP contribution in [0.2, 0.25) is 18.1 Å². The molecular weight excluding hydrogens is 342 g/mol. The van der Waals surface area contributed by atoms with E-state index in [2.05, 4.69) is 64.7 Å². The number of fused-ring (bicyclic) bond motifs is 1. The van der Waals surface area contributed by atoms with Gasteiger partial charge in [-0.1, -0.05) is 52.8 Å². The fourth-order valence-corrected chi connectivity index (χ4v) is 4.22. The second-order valence-electron chi connectivity index (χ2n) is 9.26. The molecule has 0 aromatic heterocycles. The number of benzene rings is 1. The van der Waals surface area contributed by atoms with Gasteiger partial charge in [-0.3, -0.25) is 0 Å². The van der Waals surface area contributed by atoms with Gasteiger partial charge in [-0.05, 0) is 35.7 Å². The first-order valence-electron chi connectivity index (χ1n) is 9.59. The molecule has 2 atom stereocenters. The third-order valence-electron chi connectivity index (χ3n) is 5.83. The summed E-state index contributed by atoms with van der Waals surface area (Å²) in [7, 11) is 0.0978. The molecule has 1 aromatic carbocycles. The Hall–Kier alpha value is -1.33. The third-order valence-corrected chi connectivity index (χ3v) is 10.3. The minimum Gasteiger partial charge on any atom is -0.458 e. The average Bonchev–Trinajstić information content (AvgIpc) is 2.50. The molecule has 4 nitrogen and oxygen atoms in total. The number of anilines is 1. The Kier molecular flexibility index (Phi) is 6.23. The lowest BCUT2D eigenvalue weighted by Crippen LogP contribution is -2.49. The molecule has 0 saturated heterocycles. The van der Waals surface area contributed by atoms with Gasteiger partial charge in [0, 0.05) is 19.2 Å². The van der Waals surface area contributed by atoms with Gasteiger partial charge in [0.05, 0.1) is 6.61 Å². The number of hydrogen-bond donors (Lipinski definition) is 0. The van der Waals surface area contributed by atoms with E-state index in [0.717, 1.165) is 5.69 Å². The van der Waals surface area contributed by atoms with Crippen LogP contribution in [0, 0.1) is 5.92 Å². The molecule has 5 heteroatoms. The Morgan fingerprint density at radius 3 is 2.46 bits per heavy atom. The summed E-state index contributed by atoms with van der Waals surface area (Å²) in [6.45, 7) is 15.7. The normalized spacial score (nSPS) is 21.9. The first-order valence-corrected chi connectivity index (χ1v) is 12.5. The van der Waals surface area contributed by atoms with E-state index in [-0.39, 0.29) is 29.1 Å². The van der Waals surface area contributed by atoms with E-state index in [0.29, 0.717) is 13.0 Å². The van der Waals surface area contributed by atoms with Crippen LogP contribution >= 0.6 is 0 Å². The summed E-state index contributed by atoms with van der Waals surface area (Å²) in [5.74, 6) is 0.0152. The van der Waals surface area contributed by atoms with Crippen molar-refractivity contribution in [1.82, 2.24) is 0 Å². The van der Waals surface area contributed by atoms with E-state index in [9.17, 15) is 4.79 Å². The molecule has 1 aliphatic rings. The van der Waals surface area contributed by atoms with Crippen LogP contribution in [0.3, 0.4) is 0 Å². The smallest absolute Gasteiger partial charge is 0.329 e. The standard InChI is InChI=1S/C21H35NO3Si/c1-15(2)19-20(23)25-17(14-24-26(7,8)21(3,4)5)13-16-11-9-10-12-18(16)22(19)6/h9-12,15,17,19H,13-14H2,1-8H3/t17-,19-/m0/s1. The van der Waals surface area contributed by atoms with Crippen LogP contribution in [0.15, 0.2) is 24.3 Å². The lowest BCUT2D eigenvalue weighted by molar-refractivity contribution is -0.153. The van der Waals surface area contributed by atoms with E-state index >= 15 is 0 Å². The fraction of sp³-hybridized carbons (Fsp3) is 0.667. The number of para-hydroxylation sites is 1. The number of cyclic esters (lactones) is 1. The highest BCUT2D eigenvalue weighted by Gasteiger charge is 2.39. The summed E-state index contributed by atoms with van der Waals surface area (Å²) >= 11 is 0. The Morgan fingerprint density at radius 1 is 1.27 bits per heavy atom. The summed E-state index contributed by atoms with van der Waals surface area (Å²) in [6.07, 6.45) is 0.443. The van der Waals surface area contributed by atoms with Crippen LogP contribution < -0.4 is 4.90 Å². The van der Waals surface area contributed by atoms with Crippen molar-refractivity contribution >= 4 is 20.0 Å². The molecule has 0 fully saturated rings. The average molecular weight is 378 g/mol. The zero-order valence-corrected chi connectivity index (χ0v) is 18.6. The summed E-state index contributed by atoms with van der Waals surface area (Å²) in [6, 6.07) is 8.01. The second-order valence-corrected chi connectivity index (χ2v) is 14.1. The van der Waals surface area contributed by atoms with Crippen LogP contribution in [0.25, 0.3) is 0 Å². The maximum absolute atomic E-state index is 12.9. The molecule has 0 saturated carbocycles. The van der Waals surface area contributed by atoms with Gasteiger partial charge < -0.3 is 14.1 Å². The number of carbonyl (C=O) groups is 1. The predicted molar refractivity (Wildman–Crippen MR) is 110 cm³/mol. The predicted octanol–water partition coefficient (Wildman–Crippen LogP) is 4.64. The van der Waals surface area contributed by atoms with Gasteiger partial charge >= 0.3 is 5.97 Å². The van der Waals surface area contributed by atoms with Crippen molar-refractivity contribution in [2.45, 2.75) is 71.3 Å². The summed E-state index contributed by atoms with van der Waals surface area (Å²) in [4.78, 5) is 14.9. The third kappa shape index (κ3) is 4.49. The quantitative estimate of drug-likeness (QED) is 0.566. The number of nitrogens with zero attached hydrogens (tertiary/aromatic N) is 1. The molecule has 0 radical (unpaired) electrons. The highest BCUT2D eigenvalue weighted by molar-refractivity contribution is 6.74. The molecule has 1 aliphatic heterocycles. The molecule has 0 amide bonds. The van der Waals surface area contributed by atoms with Crippen LogP contribution in [0.5, 0.6) is 0 Å². The van der Waals surface area contributed by atoms with E-state index in [1.807, 2.05) is 19.2 Å². The highest BCUT2D eigenvalue weighted by Crippen LogP contribution is 2.37. The fourth-order valence-electron chi connectivity index (χ4n) is 3.19. The number of likely N-dealkylation sites (N-methyl/N-ethyl adjacent to an activating group) is 1. The molecule has 0 aliphatic carbocycles. The number of carbonyl (C=O) groups excluding carboxylic acids is 1. The van der Waals surface area contributed by atoms with Gasteiger partial charge in [-0.15, -0.1) is 0 Å². The molecule has 2 rings (SSSR count). The summed E-state index contributed by atoms with van der Waals surface area (Å²) in [5.41, 5.74) is 2.32. The van der Waals surface area contributed by atoms with Gasteiger partial charge in [-0.2, -0.15) is 0 Å². The monoisotopic (exact) mass is 377 g/mol. The van der Waals surface area contributed by atoms with Crippen LogP contribution in [-0.2, 0) is 20.4 Å². The topological polar surface area (TPSA) is 38.8 Å². The van der Waals surface area contributed by atoms with Crippen molar-refractivity contribution in [2.75, 3.05) is 18.6 Å². The molecule has 1 heterocycles. The van der Waals surface area contributed by atoms with Crippen molar-refractivity contribution in [3.63, 3.8) is 0 Å². The summed E-state index contributed by atoms with van der Waals surface area (Å²) < 4.78 is 12.3. The highest BCUT2D eigenvalue weighted by atomic mass is 28.4. The van der Waals surface area contributed by atoms with E-state index < -0.39 is 8.32 Å². The van der Waals surface area contributed by atoms with Crippen molar-refractivity contribution in [3.8, 4) is 0 Å². The Bertz CT molecular complexity index is 636. The molecular formula is C21H35NO3Si. The van der Waals surface area contributed by atoms with Crippen LogP contribution in [-0.4, -0.2) is 40.1 Å².